The Bertz CT molecular complexity index is 528. The maximum absolute atomic E-state index is 5.93. The molecule has 1 aromatic rings. The lowest BCUT2D eigenvalue weighted by atomic mass is 10.2. The molecular formula is C18H35IN6S. The number of aliphatic imine (C=N–C) groups is 1. The second-order valence-corrected chi connectivity index (χ2v) is 7.54. The number of nitrogens with two attached hydrogens (primary N) is 1. The van der Waals surface area contributed by atoms with Crippen molar-refractivity contribution in [2.24, 2.45) is 10.7 Å². The van der Waals surface area contributed by atoms with Gasteiger partial charge in [-0.1, -0.05) is 50.8 Å². The quantitative estimate of drug-likeness (QED) is 0.159. The first kappa shape index (κ1) is 23.5. The zero-order valence-corrected chi connectivity index (χ0v) is 19.4. The lowest BCUT2D eigenvalue weighted by Crippen LogP contribution is -2.32. The molecule has 1 aliphatic rings. The van der Waals surface area contributed by atoms with E-state index < -0.39 is 0 Å². The van der Waals surface area contributed by atoms with Crippen LogP contribution in [0, 0.1) is 0 Å². The molecule has 0 atom stereocenters. The summed E-state index contributed by atoms with van der Waals surface area (Å²) in [6, 6.07) is 0.589. The molecule has 0 aromatic carbocycles. The maximum Gasteiger partial charge on any atom is 0.191 e. The van der Waals surface area contributed by atoms with E-state index in [0.717, 1.165) is 43.3 Å². The normalized spacial score (nSPS) is 15.2. The van der Waals surface area contributed by atoms with Crippen LogP contribution in [-0.4, -0.2) is 40.1 Å². The van der Waals surface area contributed by atoms with Crippen LogP contribution in [0.15, 0.2) is 10.1 Å². The number of aryl methyl sites for hydroxylation is 1. The summed E-state index contributed by atoms with van der Waals surface area (Å²) in [5.74, 6) is 1.68. The van der Waals surface area contributed by atoms with Crippen LogP contribution in [0.4, 0.5) is 0 Å². The number of nitrogens with one attached hydrogen (secondary N) is 1. The monoisotopic (exact) mass is 494 g/mol. The summed E-state index contributed by atoms with van der Waals surface area (Å²) < 4.78 is 2.37. The maximum atomic E-state index is 5.93. The molecular weight excluding hydrogens is 459 g/mol. The highest BCUT2D eigenvalue weighted by molar-refractivity contribution is 14.0. The van der Waals surface area contributed by atoms with Crippen molar-refractivity contribution >= 4 is 41.7 Å². The Morgan fingerprint density at radius 2 is 2.00 bits per heavy atom. The predicted molar refractivity (Wildman–Crippen MR) is 122 cm³/mol. The molecule has 1 fully saturated rings. The highest BCUT2D eigenvalue weighted by Gasteiger charge is 2.23. The van der Waals surface area contributed by atoms with Crippen LogP contribution in [-0.2, 0) is 6.42 Å². The molecule has 0 radical (unpaired) electrons. The molecule has 0 unspecified atom stereocenters. The first-order valence-corrected chi connectivity index (χ1v) is 11.0. The first-order chi connectivity index (χ1) is 12.3. The van der Waals surface area contributed by atoms with Gasteiger partial charge < -0.3 is 15.6 Å². The van der Waals surface area contributed by atoms with Gasteiger partial charge in [0.15, 0.2) is 11.1 Å². The van der Waals surface area contributed by atoms with Gasteiger partial charge in [-0.25, -0.2) is 0 Å². The second-order valence-electron chi connectivity index (χ2n) is 6.77. The van der Waals surface area contributed by atoms with Gasteiger partial charge in [0.2, 0.25) is 0 Å². The van der Waals surface area contributed by atoms with Gasteiger partial charge in [0.05, 0.1) is 0 Å². The molecule has 150 valence electrons. The van der Waals surface area contributed by atoms with Gasteiger partial charge >= 0.3 is 0 Å². The standard InChI is InChI=1S/C18H34N6S.HI/c1-3-4-5-8-13-20-17(19)21-14-9-12-16-22-23-18(25-2)24(16)15-10-6-7-11-15;/h15H,3-14H2,1-2H3,(H3,19,20,21);1H. The third-order valence-corrected chi connectivity index (χ3v) is 5.43. The van der Waals surface area contributed by atoms with Gasteiger partial charge in [-0.05, 0) is 31.9 Å². The molecule has 1 saturated carbocycles. The fourth-order valence-corrected chi connectivity index (χ4v) is 3.98. The molecule has 0 amide bonds. The molecule has 3 N–H and O–H groups in total. The van der Waals surface area contributed by atoms with Gasteiger partial charge in [-0.3, -0.25) is 4.99 Å². The van der Waals surface area contributed by atoms with Gasteiger partial charge in [0, 0.05) is 25.6 Å². The summed E-state index contributed by atoms with van der Waals surface area (Å²) in [7, 11) is 0. The summed E-state index contributed by atoms with van der Waals surface area (Å²) in [4.78, 5) is 4.43. The van der Waals surface area contributed by atoms with Crippen LogP contribution < -0.4 is 11.1 Å². The minimum atomic E-state index is 0. The largest absolute Gasteiger partial charge is 0.370 e. The molecule has 26 heavy (non-hydrogen) atoms. The van der Waals surface area contributed by atoms with Crippen LogP contribution in [0.2, 0.25) is 0 Å². The Morgan fingerprint density at radius 1 is 1.23 bits per heavy atom. The fourth-order valence-electron chi connectivity index (χ4n) is 3.41. The number of guanidine groups is 1. The van der Waals surface area contributed by atoms with Crippen molar-refractivity contribution in [3.63, 3.8) is 0 Å². The highest BCUT2D eigenvalue weighted by atomic mass is 127. The average Bonchev–Trinajstić information content (AvgIpc) is 3.27. The van der Waals surface area contributed by atoms with Gasteiger partial charge in [-0.15, -0.1) is 34.2 Å². The van der Waals surface area contributed by atoms with Crippen LogP contribution in [0.25, 0.3) is 0 Å². The third kappa shape index (κ3) is 7.62. The molecule has 0 aliphatic heterocycles. The smallest absolute Gasteiger partial charge is 0.191 e. The van der Waals surface area contributed by atoms with E-state index >= 15 is 0 Å². The van der Waals surface area contributed by atoms with E-state index in [1.807, 2.05) is 0 Å². The molecule has 0 bridgehead atoms. The fraction of sp³-hybridized carbons (Fsp3) is 0.833. The van der Waals surface area contributed by atoms with Crippen molar-refractivity contribution in [3.8, 4) is 0 Å². The van der Waals surface area contributed by atoms with E-state index in [9.17, 15) is 0 Å². The van der Waals surface area contributed by atoms with Crippen LogP contribution >= 0.6 is 35.7 Å². The lowest BCUT2D eigenvalue weighted by Gasteiger charge is -2.16. The van der Waals surface area contributed by atoms with E-state index in [4.69, 9.17) is 5.73 Å². The highest BCUT2D eigenvalue weighted by Crippen LogP contribution is 2.33. The molecule has 0 spiro atoms. The number of aromatic nitrogens is 3. The molecule has 8 heteroatoms. The van der Waals surface area contributed by atoms with Crippen LogP contribution in [0.3, 0.4) is 0 Å². The molecule has 1 aromatic heterocycles. The van der Waals surface area contributed by atoms with E-state index in [2.05, 4.69) is 38.3 Å². The van der Waals surface area contributed by atoms with Crippen LogP contribution in [0.5, 0.6) is 0 Å². The summed E-state index contributed by atoms with van der Waals surface area (Å²) >= 11 is 1.69. The predicted octanol–water partition coefficient (Wildman–Crippen LogP) is 4.15. The SMILES string of the molecule is CCCCCCNC(N)=NCCCc1nnc(SC)n1C1CCCC1.I. The number of unbranched alkanes of at least 4 members (excludes halogenated alkanes) is 3. The van der Waals surface area contributed by atoms with Gasteiger partial charge in [-0.2, -0.15) is 0 Å². The van der Waals surface area contributed by atoms with Crippen LogP contribution in [0.1, 0.15) is 76.6 Å². The first-order valence-electron chi connectivity index (χ1n) is 9.77. The number of hydrogen-bond acceptors (Lipinski definition) is 4. The van der Waals surface area contributed by atoms with E-state index in [-0.39, 0.29) is 24.0 Å². The molecule has 1 heterocycles. The minimum absolute atomic E-state index is 0. The molecule has 2 rings (SSSR count). The summed E-state index contributed by atoms with van der Waals surface area (Å²) in [5, 5.41) is 13.0. The third-order valence-electron chi connectivity index (χ3n) is 4.78. The van der Waals surface area contributed by atoms with Gasteiger partial charge in [0.25, 0.3) is 0 Å². The topological polar surface area (TPSA) is 81.1 Å². The Kier molecular flexibility index (Phi) is 12.3. The van der Waals surface area contributed by atoms with Crippen molar-refractivity contribution in [3.05, 3.63) is 5.82 Å². The molecule has 0 saturated heterocycles. The number of halogens is 1. The zero-order valence-electron chi connectivity index (χ0n) is 16.2. The molecule has 1 aliphatic carbocycles. The Labute approximate surface area is 179 Å². The van der Waals surface area contributed by atoms with Crippen molar-refractivity contribution in [2.45, 2.75) is 82.3 Å². The molecule has 6 nitrogen and oxygen atoms in total. The van der Waals surface area contributed by atoms with Crippen molar-refractivity contribution < 1.29 is 0 Å². The summed E-state index contributed by atoms with van der Waals surface area (Å²) in [5.41, 5.74) is 5.93. The van der Waals surface area contributed by atoms with E-state index in [1.165, 1.54) is 44.9 Å². The van der Waals surface area contributed by atoms with Crippen molar-refractivity contribution in [1.82, 2.24) is 20.1 Å². The Morgan fingerprint density at radius 3 is 2.69 bits per heavy atom. The Hall–Kier alpha value is -0.510. The van der Waals surface area contributed by atoms with E-state index in [0.29, 0.717) is 12.0 Å². The average molecular weight is 494 g/mol. The number of rotatable bonds is 11. The number of thioether (sulfide) groups is 1. The van der Waals surface area contributed by atoms with Gasteiger partial charge in [0.1, 0.15) is 5.82 Å². The number of hydrogen-bond donors (Lipinski definition) is 2. The zero-order chi connectivity index (χ0) is 17.9. The Balaban J connectivity index is 0.00000338. The van der Waals surface area contributed by atoms with E-state index in [1.54, 1.807) is 11.8 Å². The lowest BCUT2D eigenvalue weighted by molar-refractivity contribution is 0.461. The van der Waals surface area contributed by atoms with Crippen molar-refractivity contribution in [2.75, 3.05) is 19.3 Å². The summed E-state index contributed by atoms with van der Waals surface area (Å²) in [6.45, 7) is 3.88. The summed E-state index contributed by atoms with van der Waals surface area (Å²) in [6.07, 6.45) is 14.1. The number of nitrogens with zero attached hydrogens (tertiary/aromatic N) is 4. The second kappa shape index (κ2) is 13.6. The minimum Gasteiger partial charge on any atom is -0.370 e. The van der Waals surface area contributed by atoms with Crippen molar-refractivity contribution in [1.29, 1.82) is 0 Å².